The quantitative estimate of drug-likeness (QED) is 0.414. The van der Waals surface area contributed by atoms with Gasteiger partial charge in [0.25, 0.3) is 5.91 Å². The average Bonchev–Trinajstić information content (AvgIpc) is 3.21. The highest BCUT2D eigenvalue weighted by Crippen LogP contribution is 2.24. The minimum absolute atomic E-state index is 0.328. The van der Waals surface area contributed by atoms with Crippen molar-refractivity contribution in [3.8, 4) is 11.4 Å². The number of H-pyrrole nitrogens is 1. The van der Waals surface area contributed by atoms with Crippen LogP contribution in [0, 0.1) is 6.92 Å². The molecule has 0 fully saturated rings. The number of amides is 1. The molecule has 0 aliphatic rings. The molecule has 1 aromatic heterocycles. The second kappa shape index (κ2) is 8.62. The Balaban J connectivity index is 1.47. The zero-order valence-corrected chi connectivity index (χ0v) is 17.7. The number of hydrogen-bond acceptors (Lipinski definition) is 4. The number of imidazole rings is 1. The third kappa shape index (κ3) is 4.44. The zero-order chi connectivity index (χ0) is 22.0. The van der Waals surface area contributed by atoms with Crippen LogP contribution in [-0.2, 0) is 9.53 Å². The summed E-state index contributed by atoms with van der Waals surface area (Å²) in [5.74, 6) is -0.318. The van der Waals surface area contributed by atoms with E-state index in [4.69, 9.17) is 16.3 Å². The van der Waals surface area contributed by atoms with Crippen molar-refractivity contribution in [1.82, 2.24) is 9.97 Å². The first-order chi connectivity index (χ1) is 14.9. The number of esters is 1. The van der Waals surface area contributed by atoms with Crippen LogP contribution in [0.5, 0.6) is 0 Å². The summed E-state index contributed by atoms with van der Waals surface area (Å²) in [6.07, 6.45) is -0.983. The Hall–Kier alpha value is -3.64. The van der Waals surface area contributed by atoms with Crippen LogP contribution in [0.4, 0.5) is 5.69 Å². The first-order valence-electron chi connectivity index (χ1n) is 9.74. The highest BCUT2D eigenvalue weighted by molar-refractivity contribution is 6.31. The summed E-state index contributed by atoms with van der Waals surface area (Å²) in [7, 11) is 0. The summed E-state index contributed by atoms with van der Waals surface area (Å²) in [5, 5.41) is 3.29. The summed E-state index contributed by atoms with van der Waals surface area (Å²) < 4.78 is 5.36. The van der Waals surface area contributed by atoms with Crippen LogP contribution in [-0.4, -0.2) is 27.9 Å². The van der Waals surface area contributed by atoms with Gasteiger partial charge in [0.1, 0.15) is 5.82 Å². The lowest BCUT2D eigenvalue weighted by molar-refractivity contribution is -0.123. The van der Waals surface area contributed by atoms with Crippen molar-refractivity contribution in [3.63, 3.8) is 0 Å². The maximum absolute atomic E-state index is 12.6. The Morgan fingerprint density at radius 3 is 2.61 bits per heavy atom. The summed E-state index contributed by atoms with van der Waals surface area (Å²) in [4.78, 5) is 32.8. The second-order valence-electron chi connectivity index (χ2n) is 7.13. The molecule has 1 unspecified atom stereocenters. The topological polar surface area (TPSA) is 84.1 Å². The normalized spacial score (nSPS) is 11.8. The molecule has 0 spiro atoms. The number of nitrogens with one attached hydrogen (secondary N) is 2. The van der Waals surface area contributed by atoms with Gasteiger partial charge in [-0.25, -0.2) is 9.78 Å². The van der Waals surface area contributed by atoms with E-state index in [1.165, 1.54) is 6.92 Å². The van der Waals surface area contributed by atoms with Gasteiger partial charge in [0.05, 0.1) is 16.6 Å². The number of aromatic nitrogens is 2. The third-order valence-corrected chi connectivity index (χ3v) is 5.35. The number of nitrogens with zero attached hydrogens (tertiary/aromatic N) is 1. The van der Waals surface area contributed by atoms with E-state index in [-0.39, 0.29) is 0 Å². The highest BCUT2D eigenvalue weighted by Gasteiger charge is 2.20. The van der Waals surface area contributed by atoms with Gasteiger partial charge in [-0.15, -0.1) is 0 Å². The fourth-order valence-electron chi connectivity index (χ4n) is 3.13. The largest absolute Gasteiger partial charge is 0.449 e. The van der Waals surface area contributed by atoms with Gasteiger partial charge in [-0.3, -0.25) is 4.79 Å². The van der Waals surface area contributed by atoms with Gasteiger partial charge < -0.3 is 15.0 Å². The molecule has 7 heteroatoms. The molecule has 1 atom stereocenters. The zero-order valence-electron chi connectivity index (χ0n) is 17.0. The van der Waals surface area contributed by atoms with Gasteiger partial charge in [0.15, 0.2) is 6.10 Å². The van der Waals surface area contributed by atoms with Crippen molar-refractivity contribution in [2.45, 2.75) is 20.0 Å². The molecule has 1 amide bonds. The van der Waals surface area contributed by atoms with Crippen molar-refractivity contribution in [1.29, 1.82) is 0 Å². The molecule has 156 valence electrons. The first-order valence-corrected chi connectivity index (χ1v) is 10.1. The molecule has 4 rings (SSSR count). The Morgan fingerprint density at radius 2 is 1.84 bits per heavy atom. The summed E-state index contributed by atoms with van der Waals surface area (Å²) in [5.41, 5.74) is 4.04. The maximum Gasteiger partial charge on any atom is 0.338 e. The monoisotopic (exact) mass is 433 g/mol. The predicted octanol–water partition coefficient (Wildman–Crippen LogP) is 5.38. The van der Waals surface area contributed by atoms with Gasteiger partial charge in [-0.2, -0.15) is 0 Å². The molecule has 1 heterocycles. The Labute approximate surface area is 184 Å². The van der Waals surface area contributed by atoms with E-state index < -0.39 is 18.0 Å². The van der Waals surface area contributed by atoms with E-state index in [2.05, 4.69) is 15.3 Å². The average molecular weight is 434 g/mol. The number of fused-ring (bicyclic) bond motifs is 1. The Morgan fingerprint density at radius 1 is 1.06 bits per heavy atom. The van der Waals surface area contributed by atoms with E-state index in [9.17, 15) is 9.59 Å². The highest BCUT2D eigenvalue weighted by atomic mass is 35.5. The van der Waals surface area contributed by atoms with Gasteiger partial charge >= 0.3 is 5.97 Å². The lowest BCUT2D eigenvalue weighted by Gasteiger charge is -2.15. The predicted molar refractivity (Wildman–Crippen MR) is 121 cm³/mol. The van der Waals surface area contributed by atoms with Crippen LogP contribution < -0.4 is 5.32 Å². The molecule has 3 aromatic carbocycles. The van der Waals surface area contributed by atoms with E-state index in [1.54, 1.807) is 43.3 Å². The van der Waals surface area contributed by atoms with E-state index in [1.807, 2.05) is 30.3 Å². The number of anilines is 1. The smallest absolute Gasteiger partial charge is 0.338 e. The van der Waals surface area contributed by atoms with Gasteiger partial charge in [-0.05, 0) is 49.7 Å². The fraction of sp³-hybridized carbons (Fsp3) is 0.125. The van der Waals surface area contributed by atoms with Gasteiger partial charge in [-0.1, -0.05) is 48.0 Å². The van der Waals surface area contributed by atoms with E-state index in [0.29, 0.717) is 27.6 Å². The molecular formula is C24H20ClN3O3. The summed E-state index contributed by atoms with van der Waals surface area (Å²) in [6, 6.07) is 20.0. The van der Waals surface area contributed by atoms with Crippen LogP contribution in [0.15, 0.2) is 66.7 Å². The van der Waals surface area contributed by atoms with Crippen LogP contribution >= 0.6 is 11.6 Å². The number of hydrogen-bond donors (Lipinski definition) is 2. The van der Waals surface area contributed by atoms with Crippen molar-refractivity contribution >= 4 is 40.2 Å². The number of benzene rings is 3. The number of aromatic amines is 1. The molecule has 4 aromatic rings. The number of carbonyl (C=O) groups excluding carboxylic acids is 2. The summed E-state index contributed by atoms with van der Waals surface area (Å²) in [6.45, 7) is 3.33. The number of carbonyl (C=O) groups is 2. The SMILES string of the molecule is Cc1c(Cl)cccc1NC(=O)C(C)OC(=O)c1ccc2nc(-c3ccccc3)[nH]c2c1. The molecule has 0 radical (unpaired) electrons. The fourth-order valence-corrected chi connectivity index (χ4v) is 3.30. The van der Waals surface area contributed by atoms with Gasteiger partial charge in [0, 0.05) is 16.3 Å². The number of ether oxygens (including phenoxy) is 1. The molecule has 0 saturated carbocycles. The first kappa shape index (κ1) is 20.6. The van der Waals surface area contributed by atoms with Gasteiger partial charge in [0.2, 0.25) is 0 Å². The number of halogens is 1. The molecular weight excluding hydrogens is 414 g/mol. The molecule has 2 N–H and O–H groups in total. The Kier molecular flexibility index (Phi) is 5.73. The maximum atomic E-state index is 12.6. The minimum Gasteiger partial charge on any atom is -0.449 e. The molecule has 31 heavy (non-hydrogen) atoms. The van der Waals surface area contributed by atoms with Crippen LogP contribution in [0.25, 0.3) is 22.4 Å². The lowest BCUT2D eigenvalue weighted by Crippen LogP contribution is -2.30. The molecule has 0 aliphatic heterocycles. The van der Waals surface area contributed by atoms with Crippen LogP contribution in [0.3, 0.4) is 0 Å². The third-order valence-electron chi connectivity index (χ3n) is 4.94. The molecule has 0 saturated heterocycles. The van der Waals surface area contributed by atoms with E-state index >= 15 is 0 Å². The van der Waals surface area contributed by atoms with Crippen molar-refractivity contribution < 1.29 is 14.3 Å². The molecule has 0 aliphatic carbocycles. The van der Waals surface area contributed by atoms with Crippen molar-refractivity contribution in [3.05, 3.63) is 82.9 Å². The summed E-state index contributed by atoms with van der Waals surface area (Å²) >= 11 is 6.09. The Bertz CT molecular complexity index is 1270. The van der Waals surface area contributed by atoms with Crippen molar-refractivity contribution in [2.24, 2.45) is 0 Å². The molecule has 0 bridgehead atoms. The number of rotatable bonds is 5. The standard InChI is InChI=1S/C24H20ClN3O3/c1-14-18(25)9-6-10-19(14)28-23(29)15(2)31-24(30)17-11-12-20-21(13-17)27-22(26-20)16-7-4-3-5-8-16/h3-13,15H,1-2H3,(H,26,27)(H,28,29). The minimum atomic E-state index is -0.983. The van der Waals surface area contributed by atoms with Crippen molar-refractivity contribution in [2.75, 3.05) is 5.32 Å². The van der Waals surface area contributed by atoms with E-state index in [0.717, 1.165) is 16.6 Å². The second-order valence-corrected chi connectivity index (χ2v) is 7.54. The van der Waals surface area contributed by atoms with Crippen LogP contribution in [0.2, 0.25) is 5.02 Å². The lowest BCUT2D eigenvalue weighted by atomic mass is 10.2. The molecule has 6 nitrogen and oxygen atoms in total. The van der Waals surface area contributed by atoms with Crippen LogP contribution in [0.1, 0.15) is 22.8 Å².